The molecule has 1 amide bonds. The predicted octanol–water partition coefficient (Wildman–Crippen LogP) is 4.27. The summed E-state index contributed by atoms with van der Waals surface area (Å²) in [7, 11) is 0. The molecule has 0 saturated carbocycles. The van der Waals surface area contributed by atoms with E-state index in [4.69, 9.17) is 0 Å². The van der Waals surface area contributed by atoms with E-state index in [0.29, 0.717) is 18.5 Å². The first kappa shape index (κ1) is 19.6. The molecule has 0 aliphatic heterocycles. The van der Waals surface area contributed by atoms with Gasteiger partial charge in [0, 0.05) is 37.5 Å². The lowest BCUT2D eigenvalue weighted by molar-refractivity contribution is 0.0953. The lowest BCUT2D eigenvalue weighted by Gasteiger charge is -2.10. The molecule has 0 saturated heterocycles. The normalized spacial score (nSPS) is 10.7. The molecule has 0 bridgehead atoms. The Morgan fingerprint density at radius 3 is 2.43 bits per heavy atom. The van der Waals surface area contributed by atoms with Gasteiger partial charge in [0.1, 0.15) is 5.82 Å². The molecule has 2 aromatic carbocycles. The molecule has 2 heterocycles. The van der Waals surface area contributed by atoms with E-state index in [1.165, 1.54) is 5.56 Å². The van der Waals surface area contributed by atoms with Gasteiger partial charge >= 0.3 is 0 Å². The molecule has 0 aliphatic carbocycles. The molecule has 0 atom stereocenters. The Bertz CT molecular complexity index is 1120. The molecular formula is C25H24N4O. The van der Waals surface area contributed by atoms with Crippen LogP contribution in [0.2, 0.25) is 0 Å². The number of carbonyl (C=O) groups excluding carboxylic acids is 1. The second-order valence-electron chi connectivity index (χ2n) is 7.16. The average molecular weight is 396 g/mol. The Labute approximate surface area is 176 Å². The van der Waals surface area contributed by atoms with Gasteiger partial charge in [-0.1, -0.05) is 60.7 Å². The lowest BCUT2D eigenvalue weighted by Crippen LogP contribution is -2.27. The summed E-state index contributed by atoms with van der Waals surface area (Å²) in [4.78, 5) is 21.7. The van der Waals surface area contributed by atoms with Crippen molar-refractivity contribution in [3.8, 4) is 11.3 Å². The fourth-order valence-corrected chi connectivity index (χ4v) is 3.45. The Hall–Kier alpha value is -3.73. The van der Waals surface area contributed by atoms with E-state index in [0.717, 1.165) is 29.3 Å². The fraction of sp³-hybridized carbons (Fsp3) is 0.160. The van der Waals surface area contributed by atoms with Crippen molar-refractivity contribution in [3.05, 3.63) is 108 Å². The molecular weight excluding hydrogens is 372 g/mol. The summed E-state index contributed by atoms with van der Waals surface area (Å²) < 4.78 is 2.11. The van der Waals surface area contributed by atoms with Crippen LogP contribution in [0.25, 0.3) is 11.3 Å². The molecule has 5 nitrogen and oxygen atoms in total. The number of nitrogens with one attached hydrogen (secondary N) is 1. The van der Waals surface area contributed by atoms with Crippen LogP contribution in [-0.4, -0.2) is 27.0 Å². The molecule has 0 spiro atoms. The van der Waals surface area contributed by atoms with Crippen molar-refractivity contribution in [2.75, 3.05) is 6.54 Å². The van der Waals surface area contributed by atoms with E-state index in [1.807, 2.05) is 73.8 Å². The van der Waals surface area contributed by atoms with Gasteiger partial charge in [-0.3, -0.25) is 9.78 Å². The number of benzene rings is 2. The zero-order valence-electron chi connectivity index (χ0n) is 17.0. The van der Waals surface area contributed by atoms with Gasteiger partial charge in [-0.15, -0.1) is 0 Å². The van der Waals surface area contributed by atoms with Crippen LogP contribution in [-0.2, 0) is 13.0 Å². The van der Waals surface area contributed by atoms with Crippen molar-refractivity contribution in [1.82, 2.24) is 19.9 Å². The average Bonchev–Trinajstić information content (AvgIpc) is 3.21. The van der Waals surface area contributed by atoms with Gasteiger partial charge in [-0.05, 0) is 24.6 Å². The SMILES string of the molecule is Cc1nc(-c2ccccc2)ccc1C(=O)NCCc1nccn1Cc1ccccc1. The maximum Gasteiger partial charge on any atom is 0.253 e. The molecule has 4 aromatic rings. The first-order chi connectivity index (χ1) is 14.7. The topological polar surface area (TPSA) is 59.8 Å². The van der Waals surface area contributed by atoms with Crippen LogP contribution >= 0.6 is 0 Å². The predicted molar refractivity (Wildman–Crippen MR) is 118 cm³/mol. The van der Waals surface area contributed by atoms with Gasteiger partial charge in [0.25, 0.3) is 5.91 Å². The maximum atomic E-state index is 12.6. The fourth-order valence-electron chi connectivity index (χ4n) is 3.45. The van der Waals surface area contributed by atoms with Gasteiger partial charge in [-0.25, -0.2) is 4.98 Å². The summed E-state index contributed by atoms with van der Waals surface area (Å²) in [5, 5.41) is 3.00. The smallest absolute Gasteiger partial charge is 0.253 e. The van der Waals surface area contributed by atoms with Gasteiger partial charge in [-0.2, -0.15) is 0 Å². The van der Waals surface area contributed by atoms with Crippen molar-refractivity contribution in [1.29, 1.82) is 0 Å². The van der Waals surface area contributed by atoms with Crippen LogP contribution in [0.1, 0.15) is 27.4 Å². The van der Waals surface area contributed by atoms with Gasteiger partial charge in [0.15, 0.2) is 0 Å². The van der Waals surface area contributed by atoms with Crippen LogP contribution in [0.4, 0.5) is 0 Å². The number of imidazole rings is 1. The number of nitrogens with zero attached hydrogens (tertiary/aromatic N) is 3. The van der Waals surface area contributed by atoms with E-state index in [1.54, 1.807) is 6.20 Å². The minimum absolute atomic E-state index is 0.110. The number of rotatable bonds is 7. The largest absolute Gasteiger partial charge is 0.352 e. The first-order valence-electron chi connectivity index (χ1n) is 10.1. The van der Waals surface area contributed by atoms with Crippen molar-refractivity contribution >= 4 is 5.91 Å². The van der Waals surface area contributed by atoms with Crippen molar-refractivity contribution in [2.24, 2.45) is 0 Å². The highest BCUT2D eigenvalue weighted by Crippen LogP contribution is 2.18. The second-order valence-corrected chi connectivity index (χ2v) is 7.16. The molecule has 0 radical (unpaired) electrons. The van der Waals surface area contributed by atoms with E-state index in [2.05, 4.69) is 32.0 Å². The second kappa shape index (κ2) is 9.18. The first-order valence-corrected chi connectivity index (χ1v) is 10.1. The third kappa shape index (κ3) is 4.63. The molecule has 150 valence electrons. The van der Waals surface area contributed by atoms with Crippen LogP contribution in [0.5, 0.6) is 0 Å². The molecule has 30 heavy (non-hydrogen) atoms. The third-order valence-electron chi connectivity index (χ3n) is 5.03. The number of hydrogen-bond donors (Lipinski definition) is 1. The quantitative estimate of drug-likeness (QED) is 0.507. The Morgan fingerprint density at radius 1 is 0.967 bits per heavy atom. The summed E-state index contributed by atoms with van der Waals surface area (Å²) in [6.07, 6.45) is 4.44. The van der Waals surface area contributed by atoms with Gasteiger partial charge in [0.05, 0.1) is 17.0 Å². The molecule has 4 rings (SSSR count). The highest BCUT2D eigenvalue weighted by atomic mass is 16.1. The molecule has 5 heteroatoms. The van der Waals surface area contributed by atoms with Crippen LogP contribution in [0.15, 0.2) is 85.2 Å². The monoisotopic (exact) mass is 396 g/mol. The van der Waals surface area contributed by atoms with E-state index in [-0.39, 0.29) is 5.91 Å². The van der Waals surface area contributed by atoms with Crippen molar-refractivity contribution in [2.45, 2.75) is 19.9 Å². The zero-order valence-corrected chi connectivity index (χ0v) is 17.0. The summed E-state index contributed by atoms with van der Waals surface area (Å²) in [5.41, 5.74) is 4.45. The Morgan fingerprint density at radius 2 is 1.70 bits per heavy atom. The number of aryl methyl sites for hydroxylation is 1. The number of pyridine rings is 1. The molecule has 2 aromatic heterocycles. The molecule has 0 fully saturated rings. The number of amides is 1. The number of carbonyl (C=O) groups is 1. The highest BCUT2D eigenvalue weighted by molar-refractivity contribution is 5.95. The van der Waals surface area contributed by atoms with Crippen LogP contribution < -0.4 is 5.32 Å². The Balaban J connectivity index is 1.36. The zero-order chi connectivity index (χ0) is 20.8. The summed E-state index contributed by atoms with van der Waals surface area (Å²) in [6.45, 7) is 3.16. The highest BCUT2D eigenvalue weighted by Gasteiger charge is 2.12. The van der Waals surface area contributed by atoms with Crippen LogP contribution in [0.3, 0.4) is 0 Å². The number of aromatic nitrogens is 3. The van der Waals surface area contributed by atoms with E-state index < -0.39 is 0 Å². The van der Waals surface area contributed by atoms with Crippen molar-refractivity contribution < 1.29 is 4.79 Å². The number of hydrogen-bond acceptors (Lipinski definition) is 3. The van der Waals surface area contributed by atoms with Crippen LogP contribution in [0, 0.1) is 6.92 Å². The molecule has 1 N–H and O–H groups in total. The standard InChI is InChI=1S/C25H24N4O/c1-19-22(12-13-23(28-19)21-10-6-3-7-11-21)25(30)27-15-14-24-26-16-17-29(24)18-20-8-4-2-5-9-20/h2-13,16-17H,14-15,18H2,1H3,(H,27,30). The summed E-state index contributed by atoms with van der Waals surface area (Å²) >= 11 is 0. The minimum Gasteiger partial charge on any atom is -0.352 e. The van der Waals surface area contributed by atoms with E-state index >= 15 is 0 Å². The van der Waals surface area contributed by atoms with Crippen molar-refractivity contribution in [3.63, 3.8) is 0 Å². The third-order valence-corrected chi connectivity index (χ3v) is 5.03. The maximum absolute atomic E-state index is 12.6. The molecule has 0 unspecified atom stereocenters. The van der Waals surface area contributed by atoms with Gasteiger partial charge < -0.3 is 9.88 Å². The Kier molecular flexibility index (Phi) is 5.99. The van der Waals surface area contributed by atoms with E-state index in [9.17, 15) is 4.79 Å². The summed E-state index contributed by atoms with van der Waals surface area (Å²) in [5.74, 6) is 0.842. The minimum atomic E-state index is -0.110. The lowest BCUT2D eigenvalue weighted by atomic mass is 10.1. The molecule has 0 aliphatic rings. The van der Waals surface area contributed by atoms with Gasteiger partial charge in [0.2, 0.25) is 0 Å². The summed E-state index contributed by atoms with van der Waals surface area (Å²) in [6, 6.07) is 24.0.